The second-order valence-electron chi connectivity index (χ2n) is 7.18. The molecular formula is C16H28N2O2. The molecule has 114 valence electrons. The van der Waals surface area contributed by atoms with E-state index in [1.54, 1.807) is 0 Å². The minimum atomic E-state index is 0.244. The third-order valence-electron chi connectivity index (χ3n) is 5.62. The zero-order valence-corrected chi connectivity index (χ0v) is 13.1. The average Bonchev–Trinajstić information content (AvgIpc) is 3.12. The van der Waals surface area contributed by atoms with Crippen molar-refractivity contribution >= 4 is 5.91 Å². The Kier molecular flexibility index (Phi) is 3.80. The summed E-state index contributed by atoms with van der Waals surface area (Å²) in [6.07, 6.45) is 3.52. The van der Waals surface area contributed by atoms with E-state index < -0.39 is 0 Å². The summed E-state index contributed by atoms with van der Waals surface area (Å²) < 4.78 is 5.61. The third kappa shape index (κ3) is 2.48. The van der Waals surface area contributed by atoms with Gasteiger partial charge in [-0.15, -0.1) is 0 Å². The highest BCUT2D eigenvalue weighted by molar-refractivity contribution is 5.82. The summed E-state index contributed by atoms with van der Waals surface area (Å²) in [6.45, 7) is 8.96. The van der Waals surface area contributed by atoms with Gasteiger partial charge in [-0.1, -0.05) is 6.92 Å². The zero-order valence-electron chi connectivity index (χ0n) is 13.1. The molecule has 0 bridgehead atoms. The molecule has 2 saturated heterocycles. The van der Waals surface area contributed by atoms with Gasteiger partial charge in [-0.05, 0) is 51.6 Å². The van der Waals surface area contributed by atoms with Crippen LogP contribution in [0.1, 0.15) is 33.1 Å². The number of carbonyl (C=O) groups is 1. The molecule has 4 nitrogen and oxygen atoms in total. The van der Waals surface area contributed by atoms with Crippen LogP contribution in [0.25, 0.3) is 0 Å². The molecule has 20 heavy (non-hydrogen) atoms. The van der Waals surface area contributed by atoms with Gasteiger partial charge in [0.2, 0.25) is 5.91 Å². The summed E-state index contributed by atoms with van der Waals surface area (Å²) in [5.41, 5.74) is 0.244. The lowest BCUT2D eigenvalue weighted by atomic mass is 9.75. The lowest BCUT2D eigenvalue weighted by Gasteiger charge is -2.58. The molecule has 0 aromatic heterocycles. The van der Waals surface area contributed by atoms with Crippen molar-refractivity contribution in [3.05, 3.63) is 0 Å². The van der Waals surface area contributed by atoms with Crippen molar-refractivity contribution in [2.45, 2.75) is 38.6 Å². The number of carbonyl (C=O) groups excluding carboxylic acids is 1. The van der Waals surface area contributed by atoms with Gasteiger partial charge in [-0.2, -0.15) is 0 Å². The van der Waals surface area contributed by atoms with Crippen molar-refractivity contribution < 1.29 is 9.53 Å². The van der Waals surface area contributed by atoms with Gasteiger partial charge in [-0.3, -0.25) is 9.69 Å². The van der Waals surface area contributed by atoms with E-state index in [-0.39, 0.29) is 5.54 Å². The highest BCUT2D eigenvalue weighted by Gasteiger charge is 2.53. The van der Waals surface area contributed by atoms with Crippen LogP contribution in [0.15, 0.2) is 0 Å². The molecule has 3 aliphatic rings. The Morgan fingerprint density at radius 2 is 2.10 bits per heavy atom. The average molecular weight is 280 g/mol. The monoisotopic (exact) mass is 280 g/mol. The van der Waals surface area contributed by atoms with Crippen LogP contribution in [-0.2, 0) is 9.53 Å². The number of ether oxygens (including phenoxy) is 1. The highest BCUT2D eigenvalue weighted by Crippen LogP contribution is 2.44. The molecule has 1 saturated carbocycles. The van der Waals surface area contributed by atoms with E-state index in [2.05, 4.69) is 30.7 Å². The molecule has 0 N–H and O–H groups in total. The topological polar surface area (TPSA) is 32.8 Å². The van der Waals surface area contributed by atoms with Crippen LogP contribution >= 0.6 is 0 Å². The van der Waals surface area contributed by atoms with E-state index in [1.807, 2.05) is 0 Å². The van der Waals surface area contributed by atoms with Gasteiger partial charge >= 0.3 is 0 Å². The van der Waals surface area contributed by atoms with Crippen LogP contribution in [0.3, 0.4) is 0 Å². The Morgan fingerprint density at radius 1 is 1.40 bits per heavy atom. The first-order valence-electron chi connectivity index (χ1n) is 8.13. The first-order valence-corrected chi connectivity index (χ1v) is 8.13. The Labute approximate surface area is 122 Å². The summed E-state index contributed by atoms with van der Waals surface area (Å²) in [7, 11) is 2.22. The fourth-order valence-corrected chi connectivity index (χ4v) is 3.93. The van der Waals surface area contributed by atoms with Crippen molar-refractivity contribution in [3.8, 4) is 0 Å². The minimum Gasteiger partial charge on any atom is -0.381 e. The predicted molar refractivity (Wildman–Crippen MR) is 78.4 cm³/mol. The quantitative estimate of drug-likeness (QED) is 0.784. The molecule has 0 aromatic carbocycles. The first-order chi connectivity index (χ1) is 9.55. The molecule has 2 heterocycles. The summed E-state index contributed by atoms with van der Waals surface area (Å²) in [5, 5.41) is 0. The number of rotatable bonds is 4. The SMILES string of the molecule is CCOCC1CCN(C)C2(C1)CN(C(=O)C1CC1C)C2. The number of amides is 1. The maximum Gasteiger partial charge on any atom is 0.226 e. The zero-order chi connectivity index (χ0) is 14.3. The standard InChI is InChI=1S/C16H28N2O2/c1-4-20-9-13-5-6-17(3)16(8-13)10-18(11-16)15(19)14-7-12(14)2/h12-14H,4-11H2,1-3H3. The lowest BCUT2D eigenvalue weighted by molar-refractivity contribution is -0.152. The normalized spacial score (nSPS) is 36.0. The van der Waals surface area contributed by atoms with Gasteiger partial charge < -0.3 is 9.64 Å². The van der Waals surface area contributed by atoms with Crippen LogP contribution < -0.4 is 0 Å². The van der Waals surface area contributed by atoms with Crippen molar-refractivity contribution in [2.75, 3.05) is 39.9 Å². The van der Waals surface area contributed by atoms with Crippen LogP contribution in [0, 0.1) is 17.8 Å². The molecule has 1 amide bonds. The fourth-order valence-electron chi connectivity index (χ4n) is 3.93. The second-order valence-corrected chi connectivity index (χ2v) is 7.18. The Morgan fingerprint density at radius 3 is 2.70 bits per heavy atom. The smallest absolute Gasteiger partial charge is 0.226 e. The van der Waals surface area contributed by atoms with Crippen molar-refractivity contribution in [1.29, 1.82) is 0 Å². The van der Waals surface area contributed by atoms with E-state index >= 15 is 0 Å². The predicted octanol–water partition coefficient (Wildman–Crippen LogP) is 1.60. The van der Waals surface area contributed by atoms with Gasteiger partial charge in [0.1, 0.15) is 0 Å². The summed E-state index contributed by atoms with van der Waals surface area (Å²) in [4.78, 5) is 16.8. The molecule has 0 aromatic rings. The Hall–Kier alpha value is -0.610. The van der Waals surface area contributed by atoms with Gasteiger partial charge in [0.05, 0.1) is 5.54 Å². The van der Waals surface area contributed by atoms with Crippen LogP contribution in [0.5, 0.6) is 0 Å². The van der Waals surface area contributed by atoms with Gasteiger partial charge in [-0.25, -0.2) is 0 Å². The molecule has 3 rings (SSSR count). The molecule has 1 spiro atoms. The van der Waals surface area contributed by atoms with Gasteiger partial charge in [0, 0.05) is 32.2 Å². The highest BCUT2D eigenvalue weighted by atomic mass is 16.5. The van der Waals surface area contributed by atoms with E-state index in [4.69, 9.17) is 4.74 Å². The largest absolute Gasteiger partial charge is 0.381 e. The molecule has 0 radical (unpaired) electrons. The number of hydrogen-bond donors (Lipinski definition) is 0. The second kappa shape index (κ2) is 5.30. The molecule has 1 aliphatic carbocycles. The maximum atomic E-state index is 12.3. The molecule has 2 aliphatic heterocycles. The fraction of sp³-hybridized carbons (Fsp3) is 0.938. The molecular weight excluding hydrogens is 252 g/mol. The number of hydrogen-bond acceptors (Lipinski definition) is 3. The third-order valence-corrected chi connectivity index (χ3v) is 5.62. The van der Waals surface area contributed by atoms with E-state index in [1.165, 1.54) is 12.8 Å². The Balaban J connectivity index is 1.54. The summed E-state index contributed by atoms with van der Waals surface area (Å²) in [5.74, 6) is 2.03. The van der Waals surface area contributed by atoms with Crippen molar-refractivity contribution in [2.24, 2.45) is 17.8 Å². The summed E-state index contributed by atoms with van der Waals surface area (Å²) in [6, 6.07) is 0. The van der Waals surface area contributed by atoms with Crippen molar-refractivity contribution in [1.82, 2.24) is 9.80 Å². The number of nitrogens with zero attached hydrogens (tertiary/aromatic N) is 2. The van der Waals surface area contributed by atoms with Gasteiger partial charge in [0.25, 0.3) is 0 Å². The maximum absolute atomic E-state index is 12.3. The number of likely N-dealkylation sites (tertiary alicyclic amines) is 2. The lowest BCUT2D eigenvalue weighted by Crippen LogP contribution is -2.72. The van der Waals surface area contributed by atoms with E-state index in [0.29, 0.717) is 23.7 Å². The van der Waals surface area contributed by atoms with Crippen LogP contribution in [0.4, 0.5) is 0 Å². The molecule has 3 atom stereocenters. The van der Waals surface area contributed by atoms with Gasteiger partial charge in [0.15, 0.2) is 0 Å². The Bertz CT molecular complexity index is 377. The van der Waals surface area contributed by atoms with Crippen LogP contribution in [0.2, 0.25) is 0 Å². The van der Waals surface area contributed by atoms with E-state index in [9.17, 15) is 4.79 Å². The molecule has 3 fully saturated rings. The van der Waals surface area contributed by atoms with E-state index in [0.717, 1.165) is 39.3 Å². The molecule has 3 unspecified atom stereocenters. The number of piperidine rings is 1. The molecule has 4 heteroatoms. The first kappa shape index (κ1) is 14.3. The number of likely N-dealkylation sites (N-methyl/N-ethyl adjacent to an activating group) is 1. The minimum absolute atomic E-state index is 0.244. The van der Waals surface area contributed by atoms with Crippen molar-refractivity contribution in [3.63, 3.8) is 0 Å². The van der Waals surface area contributed by atoms with Crippen LogP contribution in [-0.4, -0.2) is 61.1 Å². The summed E-state index contributed by atoms with van der Waals surface area (Å²) >= 11 is 0.